The zero-order valence-corrected chi connectivity index (χ0v) is 13.2. The fraction of sp³-hybridized carbons (Fsp3) is 0.538. The molecule has 2 aromatic rings. The Morgan fingerprint density at radius 1 is 1.48 bits per heavy atom. The second-order valence-electron chi connectivity index (χ2n) is 4.47. The van der Waals surface area contributed by atoms with E-state index < -0.39 is 0 Å². The van der Waals surface area contributed by atoms with Gasteiger partial charge in [-0.25, -0.2) is 4.68 Å². The van der Waals surface area contributed by atoms with Crippen LogP contribution in [0, 0.1) is 0 Å². The Hall–Kier alpha value is -1.83. The Kier molecular flexibility index (Phi) is 5.38. The number of nitrogens with zero attached hydrogens (tertiary/aromatic N) is 5. The Morgan fingerprint density at radius 3 is 2.86 bits per heavy atom. The first-order chi connectivity index (χ1) is 10.2. The molecule has 0 spiro atoms. The minimum absolute atomic E-state index is 0.0950. The van der Waals surface area contributed by atoms with E-state index in [9.17, 15) is 4.79 Å². The number of furan rings is 1. The van der Waals surface area contributed by atoms with Crippen LogP contribution in [0.2, 0.25) is 0 Å². The van der Waals surface area contributed by atoms with Crippen molar-refractivity contribution in [3.05, 3.63) is 24.2 Å². The third-order valence-corrected chi connectivity index (χ3v) is 4.15. The molecule has 0 aliphatic heterocycles. The van der Waals surface area contributed by atoms with Crippen LogP contribution in [0.15, 0.2) is 28.0 Å². The molecule has 2 rings (SSSR count). The van der Waals surface area contributed by atoms with E-state index in [0.717, 1.165) is 5.76 Å². The lowest BCUT2D eigenvalue weighted by Gasteiger charge is -2.22. The molecular weight excluding hydrogens is 290 g/mol. The summed E-state index contributed by atoms with van der Waals surface area (Å²) in [5.41, 5.74) is 0. The minimum Gasteiger partial charge on any atom is -0.467 e. The van der Waals surface area contributed by atoms with Crippen molar-refractivity contribution in [2.75, 3.05) is 13.1 Å². The van der Waals surface area contributed by atoms with Gasteiger partial charge in [-0.1, -0.05) is 11.8 Å². The highest BCUT2D eigenvalue weighted by Gasteiger charge is 2.22. The molecule has 2 aromatic heterocycles. The number of carbonyl (C=O) groups excluding carboxylic acids is 1. The van der Waals surface area contributed by atoms with E-state index in [1.165, 1.54) is 11.8 Å². The van der Waals surface area contributed by atoms with Gasteiger partial charge in [0.1, 0.15) is 12.3 Å². The number of carbonyl (C=O) groups is 1. The fourth-order valence-corrected chi connectivity index (χ4v) is 2.80. The van der Waals surface area contributed by atoms with Crippen LogP contribution < -0.4 is 0 Å². The number of rotatable bonds is 7. The van der Waals surface area contributed by atoms with Gasteiger partial charge in [0, 0.05) is 13.1 Å². The van der Waals surface area contributed by atoms with Gasteiger partial charge in [-0.05, 0) is 43.3 Å². The molecule has 0 N–H and O–H groups in total. The lowest BCUT2D eigenvalue weighted by atomic mass is 10.4. The third kappa shape index (κ3) is 3.84. The summed E-state index contributed by atoms with van der Waals surface area (Å²) < 4.78 is 6.92. The van der Waals surface area contributed by atoms with E-state index in [4.69, 9.17) is 4.42 Å². The summed E-state index contributed by atoms with van der Waals surface area (Å²) in [6, 6.07) is 3.68. The van der Waals surface area contributed by atoms with E-state index in [2.05, 4.69) is 15.5 Å². The van der Waals surface area contributed by atoms with Crippen LogP contribution in [0.4, 0.5) is 0 Å². The van der Waals surface area contributed by atoms with Gasteiger partial charge in [-0.3, -0.25) is 4.79 Å². The van der Waals surface area contributed by atoms with Crippen LogP contribution >= 0.6 is 11.8 Å². The number of amides is 1. The highest BCUT2D eigenvalue weighted by molar-refractivity contribution is 8.00. The van der Waals surface area contributed by atoms with Crippen LogP contribution in [0.5, 0.6) is 0 Å². The molecule has 0 aliphatic carbocycles. The molecule has 8 heteroatoms. The first-order valence-corrected chi connectivity index (χ1v) is 7.77. The summed E-state index contributed by atoms with van der Waals surface area (Å²) in [6.45, 7) is 7.68. The number of thioether (sulfide) groups is 1. The second-order valence-corrected chi connectivity index (χ2v) is 5.78. The van der Waals surface area contributed by atoms with Crippen LogP contribution in [0.1, 0.15) is 26.5 Å². The van der Waals surface area contributed by atoms with E-state index in [1.807, 2.05) is 32.9 Å². The Bertz CT molecular complexity index is 565. The molecule has 1 atom stereocenters. The number of tetrazole rings is 1. The van der Waals surface area contributed by atoms with Gasteiger partial charge >= 0.3 is 0 Å². The molecule has 0 bridgehead atoms. The molecule has 1 unspecified atom stereocenters. The van der Waals surface area contributed by atoms with Crippen LogP contribution in [0.25, 0.3) is 0 Å². The number of aromatic nitrogens is 4. The Labute approximate surface area is 127 Å². The lowest BCUT2D eigenvalue weighted by Crippen LogP contribution is -2.36. The maximum atomic E-state index is 12.3. The van der Waals surface area contributed by atoms with Gasteiger partial charge in [-0.2, -0.15) is 0 Å². The molecule has 0 aromatic carbocycles. The van der Waals surface area contributed by atoms with E-state index in [-0.39, 0.29) is 11.2 Å². The Balaban J connectivity index is 2.03. The van der Waals surface area contributed by atoms with E-state index in [0.29, 0.717) is 24.8 Å². The second kappa shape index (κ2) is 7.26. The van der Waals surface area contributed by atoms with Gasteiger partial charge in [0.15, 0.2) is 0 Å². The number of hydrogen-bond donors (Lipinski definition) is 0. The fourth-order valence-electron chi connectivity index (χ4n) is 1.93. The van der Waals surface area contributed by atoms with Crippen LogP contribution in [-0.2, 0) is 11.3 Å². The van der Waals surface area contributed by atoms with Gasteiger partial charge in [-0.15, -0.1) is 5.10 Å². The average Bonchev–Trinajstić information content (AvgIpc) is 3.13. The summed E-state index contributed by atoms with van der Waals surface area (Å²) in [5.74, 6) is 0.865. The van der Waals surface area contributed by atoms with Crippen molar-refractivity contribution >= 4 is 17.7 Å². The molecule has 0 radical (unpaired) electrons. The summed E-state index contributed by atoms with van der Waals surface area (Å²) in [7, 11) is 0. The third-order valence-electron chi connectivity index (χ3n) is 3.09. The average molecular weight is 309 g/mol. The highest BCUT2D eigenvalue weighted by Crippen LogP contribution is 2.22. The van der Waals surface area contributed by atoms with Crippen molar-refractivity contribution in [2.45, 2.75) is 37.7 Å². The molecule has 0 aliphatic rings. The zero-order chi connectivity index (χ0) is 15.2. The topological polar surface area (TPSA) is 77.1 Å². The molecule has 7 nitrogen and oxygen atoms in total. The predicted molar refractivity (Wildman–Crippen MR) is 78.9 cm³/mol. The maximum Gasteiger partial charge on any atom is 0.235 e. The normalized spacial score (nSPS) is 12.3. The van der Waals surface area contributed by atoms with Crippen LogP contribution in [-0.4, -0.2) is 49.4 Å². The quantitative estimate of drug-likeness (QED) is 0.724. The molecule has 2 heterocycles. The summed E-state index contributed by atoms with van der Waals surface area (Å²) >= 11 is 1.36. The van der Waals surface area contributed by atoms with E-state index >= 15 is 0 Å². The van der Waals surface area contributed by atoms with Crippen molar-refractivity contribution in [1.82, 2.24) is 25.1 Å². The van der Waals surface area contributed by atoms with Gasteiger partial charge in [0.25, 0.3) is 0 Å². The Morgan fingerprint density at radius 2 is 2.24 bits per heavy atom. The summed E-state index contributed by atoms with van der Waals surface area (Å²) in [6.07, 6.45) is 1.61. The van der Waals surface area contributed by atoms with E-state index in [1.54, 1.807) is 15.8 Å². The van der Waals surface area contributed by atoms with Crippen molar-refractivity contribution in [2.24, 2.45) is 0 Å². The highest BCUT2D eigenvalue weighted by atomic mass is 32.2. The van der Waals surface area contributed by atoms with Crippen molar-refractivity contribution in [3.8, 4) is 0 Å². The SMILES string of the molecule is CCN(CC)C(=O)C(C)Sc1nnnn1Cc1ccco1. The minimum atomic E-state index is -0.230. The standard InChI is InChI=1S/C13H19N5O2S/c1-4-17(5-2)12(19)10(3)21-13-14-15-16-18(13)9-11-7-6-8-20-11/h6-8,10H,4-5,9H2,1-3H3. The molecular formula is C13H19N5O2S. The summed E-state index contributed by atoms with van der Waals surface area (Å²) in [5, 5.41) is 12.0. The predicted octanol–water partition coefficient (Wildman–Crippen LogP) is 1.66. The first-order valence-electron chi connectivity index (χ1n) is 6.89. The lowest BCUT2D eigenvalue weighted by molar-refractivity contribution is -0.129. The molecule has 114 valence electrons. The summed E-state index contributed by atoms with van der Waals surface area (Å²) in [4.78, 5) is 14.1. The van der Waals surface area contributed by atoms with Crippen LogP contribution in [0.3, 0.4) is 0 Å². The van der Waals surface area contributed by atoms with Crippen molar-refractivity contribution in [3.63, 3.8) is 0 Å². The largest absolute Gasteiger partial charge is 0.467 e. The monoisotopic (exact) mass is 309 g/mol. The zero-order valence-electron chi connectivity index (χ0n) is 12.4. The smallest absolute Gasteiger partial charge is 0.235 e. The molecule has 0 saturated carbocycles. The number of hydrogen-bond acceptors (Lipinski definition) is 6. The van der Waals surface area contributed by atoms with Crippen molar-refractivity contribution < 1.29 is 9.21 Å². The van der Waals surface area contributed by atoms with Crippen molar-refractivity contribution in [1.29, 1.82) is 0 Å². The molecule has 0 saturated heterocycles. The first kappa shape index (κ1) is 15.6. The molecule has 0 fully saturated rings. The van der Waals surface area contributed by atoms with Gasteiger partial charge in [0.05, 0.1) is 11.5 Å². The van der Waals surface area contributed by atoms with Gasteiger partial charge < -0.3 is 9.32 Å². The maximum absolute atomic E-state index is 12.3. The molecule has 21 heavy (non-hydrogen) atoms. The molecule has 1 amide bonds. The van der Waals surface area contributed by atoms with Gasteiger partial charge in [0.2, 0.25) is 11.1 Å².